The number of fused-ring (bicyclic) bond motifs is 1. The van der Waals surface area contributed by atoms with Crippen LogP contribution in [-0.2, 0) is 4.79 Å². The van der Waals surface area contributed by atoms with Crippen LogP contribution in [0.3, 0.4) is 0 Å². The van der Waals surface area contributed by atoms with Crippen molar-refractivity contribution in [1.82, 2.24) is 10.6 Å². The summed E-state index contributed by atoms with van der Waals surface area (Å²) in [5.74, 6) is 1.61. The van der Waals surface area contributed by atoms with E-state index in [1.165, 1.54) is 0 Å². The van der Waals surface area contributed by atoms with Gasteiger partial charge in [-0.3, -0.25) is 4.79 Å². The molecule has 0 aliphatic carbocycles. The Balaban J connectivity index is 1.85. The van der Waals surface area contributed by atoms with Crippen LogP contribution in [0.25, 0.3) is 0 Å². The van der Waals surface area contributed by atoms with Gasteiger partial charge in [0, 0.05) is 25.6 Å². The minimum absolute atomic E-state index is 0.0481. The van der Waals surface area contributed by atoms with Crippen molar-refractivity contribution in [1.29, 1.82) is 0 Å². The van der Waals surface area contributed by atoms with Crippen molar-refractivity contribution >= 4 is 5.91 Å². The minimum atomic E-state index is 0.0481. The number of hydrogen-bond acceptors (Lipinski definition) is 4. The second kappa shape index (κ2) is 4.25. The number of carbonyl (C=O) groups excluding carboxylic acids is 1. The van der Waals surface area contributed by atoms with E-state index in [-0.39, 0.29) is 18.7 Å². The average Bonchev–Trinajstić information content (AvgIpc) is 2.69. The van der Waals surface area contributed by atoms with Gasteiger partial charge in [0.15, 0.2) is 11.5 Å². The van der Waals surface area contributed by atoms with E-state index in [0.29, 0.717) is 13.0 Å². The number of amides is 1. The third kappa shape index (κ3) is 2.06. The number of carbonyl (C=O) groups is 1. The summed E-state index contributed by atoms with van der Waals surface area (Å²) in [5, 5.41) is 6.18. The Labute approximate surface area is 99.1 Å². The second-order valence-electron chi connectivity index (χ2n) is 4.17. The van der Waals surface area contributed by atoms with Gasteiger partial charge in [0.25, 0.3) is 0 Å². The summed E-state index contributed by atoms with van der Waals surface area (Å²) < 4.78 is 10.6. The van der Waals surface area contributed by atoms with Gasteiger partial charge in [0.2, 0.25) is 12.7 Å². The Hall–Kier alpha value is -1.75. The van der Waals surface area contributed by atoms with Crippen LogP contribution in [0.1, 0.15) is 18.0 Å². The highest BCUT2D eigenvalue weighted by molar-refractivity contribution is 5.77. The molecule has 0 spiro atoms. The van der Waals surface area contributed by atoms with E-state index < -0.39 is 0 Å². The lowest BCUT2D eigenvalue weighted by Crippen LogP contribution is -2.24. The van der Waals surface area contributed by atoms with Crippen LogP contribution in [0.5, 0.6) is 11.5 Å². The van der Waals surface area contributed by atoms with E-state index >= 15 is 0 Å². The third-order valence-electron chi connectivity index (χ3n) is 3.03. The fourth-order valence-electron chi connectivity index (χ4n) is 2.14. The molecule has 0 aromatic heterocycles. The standard InChI is InChI=1S/C12H14N2O3/c15-12-6-9(13-3-4-14-12)8-1-2-10-11(5-8)17-7-16-10/h1-2,5,9,13H,3-4,6-7H2,(H,14,15). The molecule has 1 aromatic carbocycles. The van der Waals surface area contributed by atoms with E-state index in [9.17, 15) is 4.79 Å². The van der Waals surface area contributed by atoms with Gasteiger partial charge in [-0.25, -0.2) is 0 Å². The molecule has 2 heterocycles. The lowest BCUT2D eigenvalue weighted by Gasteiger charge is -2.15. The zero-order chi connectivity index (χ0) is 11.7. The molecule has 2 N–H and O–H groups in total. The maximum absolute atomic E-state index is 11.5. The molecular formula is C12H14N2O3. The second-order valence-corrected chi connectivity index (χ2v) is 4.17. The Morgan fingerprint density at radius 1 is 1.18 bits per heavy atom. The van der Waals surface area contributed by atoms with Crippen molar-refractivity contribution in [2.45, 2.75) is 12.5 Å². The SMILES string of the molecule is O=C1CC(c2ccc3c(c2)OCO3)NCCN1. The number of benzene rings is 1. The molecule has 1 saturated heterocycles. The maximum Gasteiger partial charge on any atom is 0.231 e. The van der Waals surface area contributed by atoms with Crippen LogP contribution in [0.15, 0.2) is 18.2 Å². The molecular weight excluding hydrogens is 220 g/mol. The van der Waals surface area contributed by atoms with Crippen LogP contribution in [0.2, 0.25) is 0 Å². The van der Waals surface area contributed by atoms with E-state index in [1.807, 2.05) is 18.2 Å². The molecule has 2 aliphatic rings. The Bertz CT molecular complexity index is 447. The van der Waals surface area contributed by atoms with E-state index in [1.54, 1.807) is 0 Å². The topological polar surface area (TPSA) is 59.6 Å². The van der Waals surface area contributed by atoms with E-state index in [4.69, 9.17) is 9.47 Å². The van der Waals surface area contributed by atoms with Crippen LogP contribution >= 0.6 is 0 Å². The first kappa shape index (κ1) is 10.4. The van der Waals surface area contributed by atoms with Crippen molar-refractivity contribution in [2.24, 2.45) is 0 Å². The van der Waals surface area contributed by atoms with Crippen molar-refractivity contribution in [3.63, 3.8) is 0 Å². The largest absolute Gasteiger partial charge is 0.454 e. The zero-order valence-electron chi connectivity index (χ0n) is 9.36. The maximum atomic E-state index is 11.5. The smallest absolute Gasteiger partial charge is 0.231 e. The predicted molar refractivity (Wildman–Crippen MR) is 60.9 cm³/mol. The van der Waals surface area contributed by atoms with Gasteiger partial charge in [-0.1, -0.05) is 6.07 Å². The predicted octanol–water partition coefficient (Wildman–Crippen LogP) is 0.566. The number of nitrogens with one attached hydrogen (secondary N) is 2. The van der Waals surface area contributed by atoms with Crippen LogP contribution in [0.4, 0.5) is 0 Å². The van der Waals surface area contributed by atoms with Gasteiger partial charge in [-0.15, -0.1) is 0 Å². The summed E-state index contributed by atoms with van der Waals surface area (Å²) >= 11 is 0. The molecule has 5 heteroatoms. The normalized spacial score (nSPS) is 23.1. The molecule has 0 saturated carbocycles. The van der Waals surface area contributed by atoms with E-state index in [2.05, 4.69) is 10.6 Å². The first-order valence-electron chi connectivity index (χ1n) is 5.72. The Morgan fingerprint density at radius 3 is 3.00 bits per heavy atom. The van der Waals surface area contributed by atoms with Gasteiger partial charge >= 0.3 is 0 Å². The molecule has 3 rings (SSSR count). The summed E-state index contributed by atoms with van der Waals surface area (Å²) in [6.07, 6.45) is 0.458. The van der Waals surface area contributed by atoms with Gasteiger partial charge in [-0.05, 0) is 17.7 Å². The third-order valence-corrected chi connectivity index (χ3v) is 3.03. The number of rotatable bonds is 1. The van der Waals surface area contributed by atoms with Crippen LogP contribution < -0.4 is 20.1 Å². The van der Waals surface area contributed by atoms with Gasteiger partial charge in [0.1, 0.15) is 0 Å². The zero-order valence-corrected chi connectivity index (χ0v) is 9.36. The summed E-state index contributed by atoms with van der Waals surface area (Å²) in [6.45, 7) is 1.74. The fraction of sp³-hybridized carbons (Fsp3) is 0.417. The molecule has 1 unspecified atom stereocenters. The molecule has 17 heavy (non-hydrogen) atoms. The molecule has 1 amide bonds. The number of ether oxygens (including phenoxy) is 2. The van der Waals surface area contributed by atoms with Crippen molar-refractivity contribution in [3.05, 3.63) is 23.8 Å². The highest BCUT2D eigenvalue weighted by Crippen LogP contribution is 2.34. The quantitative estimate of drug-likeness (QED) is 0.745. The highest BCUT2D eigenvalue weighted by Gasteiger charge is 2.21. The molecule has 90 valence electrons. The number of hydrogen-bond donors (Lipinski definition) is 2. The molecule has 0 radical (unpaired) electrons. The Morgan fingerprint density at radius 2 is 2.06 bits per heavy atom. The Kier molecular flexibility index (Phi) is 2.60. The summed E-state index contributed by atoms with van der Waals surface area (Å²) in [5.41, 5.74) is 1.06. The van der Waals surface area contributed by atoms with Crippen molar-refractivity contribution in [2.75, 3.05) is 19.9 Å². The molecule has 5 nitrogen and oxygen atoms in total. The first-order chi connectivity index (χ1) is 8.33. The van der Waals surface area contributed by atoms with Gasteiger partial charge in [-0.2, -0.15) is 0 Å². The summed E-state index contributed by atoms with van der Waals surface area (Å²) in [6, 6.07) is 5.86. The van der Waals surface area contributed by atoms with Gasteiger partial charge in [0.05, 0.1) is 0 Å². The summed E-state index contributed by atoms with van der Waals surface area (Å²) in [7, 11) is 0. The lowest BCUT2D eigenvalue weighted by atomic mass is 10.0. The molecule has 1 fully saturated rings. The fourth-order valence-corrected chi connectivity index (χ4v) is 2.14. The monoisotopic (exact) mass is 234 g/mol. The van der Waals surface area contributed by atoms with Gasteiger partial charge < -0.3 is 20.1 Å². The molecule has 2 aliphatic heterocycles. The first-order valence-corrected chi connectivity index (χ1v) is 5.72. The van der Waals surface area contributed by atoms with Crippen LogP contribution in [0, 0.1) is 0 Å². The minimum Gasteiger partial charge on any atom is -0.454 e. The molecule has 1 atom stereocenters. The summed E-state index contributed by atoms with van der Waals surface area (Å²) in [4.78, 5) is 11.5. The average molecular weight is 234 g/mol. The van der Waals surface area contributed by atoms with Crippen molar-refractivity contribution < 1.29 is 14.3 Å². The van der Waals surface area contributed by atoms with Crippen LogP contribution in [-0.4, -0.2) is 25.8 Å². The van der Waals surface area contributed by atoms with E-state index in [0.717, 1.165) is 23.6 Å². The molecule has 1 aromatic rings. The highest BCUT2D eigenvalue weighted by atomic mass is 16.7. The van der Waals surface area contributed by atoms with Crippen molar-refractivity contribution in [3.8, 4) is 11.5 Å². The molecule has 0 bridgehead atoms. The lowest BCUT2D eigenvalue weighted by molar-refractivity contribution is -0.121.